The molecule has 1 heterocycles. The number of carbonyl (C=O) groups is 4. The Morgan fingerprint density at radius 3 is 2.10 bits per heavy atom. The Morgan fingerprint density at radius 2 is 1.41 bits per heavy atom. The van der Waals surface area contributed by atoms with Gasteiger partial charge in [-0.05, 0) is 77.9 Å². The lowest BCUT2D eigenvalue weighted by Gasteiger charge is -2.12. The Kier molecular flexibility index (Phi) is 11.3. The van der Waals surface area contributed by atoms with Crippen molar-refractivity contribution in [3.63, 3.8) is 0 Å². The number of ether oxygens (including phenoxy) is 1. The molecular formula is C40H33N5O5S. The Balaban J connectivity index is 1.06. The molecule has 11 heteroatoms. The molecular weight excluding hydrogens is 663 g/mol. The third kappa shape index (κ3) is 9.80. The lowest BCUT2D eigenvalue weighted by Crippen LogP contribution is -2.31. The number of hydrogen-bond donors (Lipinski definition) is 3. The molecule has 1 aliphatic rings. The SMILES string of the molecule is O=C(CSc1ccc(NC(=O)/C(=C/c2ccc(OCc3ccccc3)cc2)NC(=O)c2ccccc2)cc1)NC1=NN(c2ccccc2)C(=O)C1. The second-order valence-electron chi connectivity index (χ2n) is 11.3. The number of nitrogens with zero attached hydrogens (tertiary/aromatic N) is 2. The molecule has 0 bridgehead atoms. The number of benzene rings is 5. The highest BCUT2D eigenvalue weighted by molar-refractivity contribution is 8.00. The molecule has 0 unspecified atom stereocenters. The van der Waals surface area contributed by atoms with Gasteiger partial charge in [-0.3, -0.25) is 19.2 Å². The number of para-hydroxylation sites is 1. The van der Waals surface area contributed by atoms with E-state index < -0.39 is 11.8 Å². The third-order valence-electron chi connectivity index (χ3n) is 7.51. The van der Waals surface area contributed by atoms with Gasteiger partial charge >= 0.3 is 0 Å². The predicted octanol–water partition coefficient (Wildman–Crippen LogP) is 6.63. The van der Waals surface area contributed by atoms with Gasteiger partial charge in [-0.2, -0.15) is 10.1 Å². The maximum atomic E-state index is 13.5. The molecule has 0 radical (unpaired) electrons. The van der Waals surface area contributed by atoms with Crippen LogP contribution in [0.2, 0.25) is 0 Å². The number of carbonyl (C=O) groups excluding carboxylic acids is 4. The Bertz CT molecular complexity index is 2050. The third-order valence-corrected chi connectivity index (χ3v) is 8.52. The van der Waals surface area contributed by atoms with Crippen molar-refractivity contribution in [2.75, 3.05) is 16.1 Å². The first-order valence-corrected chi connectivity index (χ1v) is 17.0. The van der Waals surface area contributed by atoms with Crippen LogP contribution in [0.4, 0.5) is 11.4 Å². The molecule has 5 aromatic rings. The van der Waals surface area contributed by atoms with Crippen molar-refractivity contribution in [1.82, 2.24) is 10.6 Å². The average Bonchev–Trinajstić information content (AvgIpc) is 3.54. The minimum Gasteiger partial charge on any atom is -0.489 e. The van der Waals surface area contributed by atoms with E-state index >= 15 is 0 Å². The molecule has 3 N–H and O–H groups in total. The van der Waals surface area contributed by atoms with E-state index in [1.54, 1.807) is 91.0 Å². The van der Waals surface area contributed by atoms with Gasteiger partial charge in [-0.25, -0.2) is 0 Å². The average molecular weight is 696 g/mol. The van der Waals surface area contributed by atoms with Crippen molar-refractivity contribution in [2.45, 2.75) is 17.9 Å². The van der Waals surface area contributed by atoms with Crippen LogP contribution in [0.1, 0.15) is 27.9 Å². The van der Waals surface area contributed by atoms with Gasteiger partial charge in [0.25, 0.3) is 17.7 Å². The number of amidine groups is 1. The van der Waals surface area contributed by atoms with E-state index in [4.69, 9.17) is 4.74 Å². The molecule has 51 heavy (non-hydrogen) atoms. The zero-order valence-corrected chi connectivity index (χ0v) is 28.1. The van der Waals surface area contributed by atoms with Gasteiger partial charge in [-0.1, -0.05) is 78.9 Å². The summed E-state index contributed by atoms with van der Waals surface area (Å²) in [6, 6.07) is 41.7. The van der Waals surface area contributed by atoms with Crippen LogP contribution < -0.4 is 25.7 Å². The normalized spacial score (nSPS) is 12.5. The summed E-state index contributed by atoms with van der Waals surface area (Å²) in [5.74, 6) is -0.393. The van der Waals surface area contributed by atoms with Crippen LogP contribution in [0.15, 0.2) is 155 Å². The molecule has 0 saturated carbocycles. The van der Waals surface area contributed by atoms with Crippen molar-refractivity contribution >= 4 is 58.7 Å². The molecule has 254 valence electrons. The lowest BCUT2D eigenvalue weighted by molar-refractivity contribution is -0.117. The zero-order valence-electron chi connectivity index (χ0n) is 27.3. The Hall–Kier alpha value is -6.46. The molecule has 0 atom stereocenters. The fraction of sp³-hybridized carbons (Fsp3) is 0.0750. The Morgan fingerprint density at radius 1 is 0.765 bits per heavy atom. The highest BCUT2D eigenvalue weighted by Gasteiger charge is 2.26. The van der Waals surface area contributed by atoms with Crippen molar-refractivity contribution in [3.8, 4) is 5.75 Å². The standard InChI is InChI=1S/C40H33N5O5S/c46-37(43-36-25-38(47)45(44-36)32-14-8-3-9-15-32)27-51-34-22-18-31(19-23-34)41-40(49)35(42-39(48)30-12-6-2-7-13-30)24-28-16-20-33(21-17-28)50-26-29-10-4-1-5-11-29/h1-24H,25-27H2,(H,41,49)(H,42,48)(H,43,44,46)/b35-24-. The molecule has 0 spiro atoms. The summed E-state index contributed by atoms with van der Waals surface area (Å²) in [6.07, 6.45) is 1.61. The van der Waals surface area contributed by atoms with Gasteiger partial charge < -0.3 is 20.7 Å². The van der Waals surface area contributed by atoms with Crippen molar-refractivity contribution in [1.29, 1.82) is 0 Å². The highest BCUT2D eigenvalue weighted by Crippen LogP contribution is 2.23. The van der Waals surface area contributed by atoms with Gasteiger partial charge in [0.1, 0.15) is 23.9 Å². The van der Waals surface area contributed by atoms with E-state index in [1.807, 2.05) is 54.6 Å². The van der Waals surface area contributed by atoms with Crippen LogP contribution in [0, 0.1) is 0 Å². The largest absolute Gasteiger partial charge is 0.489 e. The van der Waals surface area contributed by atoms with E-state index in [0.717, 1.165) is 10.5 Å². The summed E-state index contributed by atoms with van der Waals surface area (Å²) < 4.78 is 5.88. The molecule has 0 fully saturated rings. The summed E-state index contributed by atoms with van der Waals surface area (Å²) in [5, 5.41) is 13.8. The molecule has 0 saturated heterocycles. The number of thioether (sulfide) groups is 1. The molecule has 4 amide bonds. The number of hydrazone groups is 1. The molecule has 0 aliphatic carbocycles. The fourth-order valence-corrected chi connectivity index (χ4v) is 5.66. The van der Waals surface area contributed by atoms with Crippen LogP contribution in [-0.4, -0.2) is 35.2 Å². The second kappa shape index (κ2) is 16.8. The first-order chi connectivity index (χ1) is 24.9. The van der Waals surface area contributed by atoms with Crippen LogP contribution in [0.5, 0.6) is 5.75 Å². The van der Waals surface area contributed by atoms with Gasteiger partial charge in [0.15, 0.2) is 0 Å². The number of hydrogen-bond acceptors (Lipinski definition) is 7. The van der Waals surface area contributed by atoms with Crippen molar-refractivity contribution < 1.29 is 23.9 Å². The summed E-state index contributed by atoms with van der Waals surface area (Å²) in [4.78, 5) is 52.3. The van der Waals surface area contributed by atoms with Gasteiger partial charge in [0.2, 0.25) is 5.91 Å². The van der Waals surface area contributed by atoms with Crippen LogP contribution in [0.25, 0.3) is 6.08 Å². The van der Waals surface area contributed by atoms with E-state index in [-0.39, 0.29) is 29.7 Å². The summed E-state index contributed by atoms with van der Waals surface area (Å²) >= 11 is 1.30. The van der Waals surface area contributed by atoms with E-state index in [9.17, 15) is 19.2 Å². The quantitative estimate of drug-likeness (QED) is 0.0993. The van der Waals surface area contributed by atoms with Crippen LogP contribution >= 0.6 is 11.8 Å². The number of rotatable bonds is 12. The van der Waals surface area contributed by atoms with E-state index in [0.29, 0.717) is 40.7 Å². The first kappa shape index (κ1) is 34.4. The second-order valence-corrected chi connectivity index (χ2v) is 12.4. The molecule has 1 aliphatic heterocycles. The fourth-order valence-electron chi connectivity index (χ4n) is 4.96. The Labute approximate surface area is 299 Å². The van der Waals surface area contributed by atoms with Crippen molar-refractivity contribution in [2.24, 2.45) is 5.10 Å². The maximum Gasteiger partial charge on any atom is 0.272 e. The molecule has 5 aromatic carbocycles. The number of anilines is 2. The minimum atomic E-state index is -0.514. The zero-order chi connectivity index (χ0) is 35.4. The first-order valence-electron chi connectivity index (χ1n) is 16.0. The smallest absolute Gasteiger partial charge is 0.272 e. The highest BCUT2D eigenvalue weighted by atomic mass is 32.2. The van der Waals surface area contributed by atoms with E-state index in [2.05, 4.69) is 21.1 Å². The van der Waals surface area contributed by atoms with Gasteiger partial charge in [0, 0.05) is 16.1 Å². The minimum absolute atomic E-state index is 0.0103. The molecule has 6 rings (SSSR count). The van der Waals surface area contributed by atoms with E-state index in [1.165, 1.54) is 16.8 Å². The van der Waals surface area contributed by atoms with Crippen LogP contribution in [-0.2, 0) is 21.0 Å². The molecule has 10 nitrogen and oxygen atoms in total. The van der Waals surface area contributed by atoms with Crippen LogP contribution in [0.3, 0.4) is 0 Å². The summed E-state index contributed by atoms with van der Waals surface area (Å²) in [5.41, 5.74) is 3.32. The number of amides is 4. The number of nitrogens with one attached hydrogen (secondary N) is 3. The van der Waals surface area contributed by atoms with Gasteiger partial charge in [0.05, 0.1) is 17.9 Å². The predicted molar refractivity (Wildman–Crippen MR) is 199 cm³/mol. The molecule has 0 aromatic heterocycles. The summed E-state index contributed by atoms with van der Waals surface area (Å²) in [6.45, 7) is 0.424. The summed E-state index contributed by atoms with van der Waals surface area (Å²) in [7, 11) is 0. The monoisotopic (exact) mass is 695 g/mol. The lowest BCUT2D eigenvalue weighted by atomic mass is 10.1. The van der Waals surface area contributed by atoms with Crippen molar-refractivity contribution in [3.05, 3.63) is 162 Å². The topological polar surface area (TPSA) is 129 Å². The maximum absolute atomic E-state index is 13.5. The van der Waals surface area contributed by atoms with Gasteiger partial charge in [-0.15, -0.1) is 11.8 Å².